The lowest BCUT2D eigenvalue weighted by molar-refractivity contribution is 0.929. The highest BCUT2D eigenvalue weighted by molar-refractivity contribution is 7.75. The van der Waals surface area contributed by atoms with Gasteiger partial charge in [-0.1, -0.05) is 26.0 Å². The van der Waals surface area contributed by atoms with Crippen molar-refractivity contribution in [1.29, 1.82) is 0 Å². The molecule has 0 radical (unpaired) electrons. The summed E-state index contributed by atoms with van der Waals surface area (Å²) >= 11 is 0. The van der Waals surface area contributed by atoms with Gasteiger partial charge in [-0.3, -0.25) is 9.98 Å². The van der Waals surface area contributed by atoms with E-state index in [1.807, 2.05) is 39.7 Å². The average molecular weight is 238 g/mol. The molecule has 0 bridgehead atoms. The molecule has 0 aliphatic rings. The second kappa shape index (κ2) is 8.29. The number of allylic oxidation sites excluding steroid dienone is 2. The van der Waals surface area contributed by atoms with E-state index in [0.717, 1.165) is 12.3 Å². The highest BCUT2D eigenvalue weighted by Crippen LogP contribution is 2.30. The van der Waals surface area contributed by atoms with Crippen LogP contribution in [-0.4, -0.2) is 30.6 Å². The van der Waals surface area contributed by atoms with Crippen molar-refractivity contribution < 1.29 is 0 Å². The first-order valence-electron chi connectivity index (χ1n) is 5.59. The van der Waals surface area contributed by atoms with Gasteiger partial charge in [0.15, 0.2) is 0 Å². The molecule has 0 amide bonds. The predicted octanol–water partition coefficient (Wildman–Crippen LogP) is 3.62. The molecule has 16 heavy (non-hydrogen) atoms. The molecule has 0 aromatic carbocycles. The normalized spacial score (nSPS) is 17.5. The number of hydrogen-bond donors (Lipinski definition) is 0. The quantitative estimate of drug-likeness (QED) is 0.383. The molecule has 0 heterocycles. The monoisotopic (exact) mass is 238 g/mol. The van der Waals surface area contributed by atoms with Crippen LogP contribution in [0.4, 0.5) is 0 Å². The van der Waals surface area contributed by atoms with Gasteiger partial charge in [0, 0.05) is 18.2 Å². The maximum absolute atomic E-state index is 4.55. The third-order valence-corrected chi connectivity index (χ3v) is 4.03. The van der Waals surface area contributed by atoms with E-state index >= 15 is 0 Å². The van der Waals surface area contributed by atoms with E-state index in [1.165, 1.54) is 5.31 Å². The summed E-state index contributed by atoms with van der Waals surface area (Å²) in [6.45, 7) is 12.7. The van der Waals surface area contributed by atoms with Crippen molar-refractivity contribution in [3.63, 3.8) is 0 Å². The van der Waals surface area contributed by atoms with Gasteiger partial charge in [0.05, 0.1) is 6.04 Å². The molecule has 0 aliphatic heterocycles. The Morgan fingerprint density at radius 3 is 2.56 bits per heavy atom. The molecule has 2 atom stereocenters. The van der Waals surface area contributed by atoms with Gasteiger partial charge in [-0.25, -0.2) is 0 Å². The highest BCUT2D eigenvalue weighted by Gasteiger charge is 2.03. The minimum Gasteiger partial charge on any atom is -0.293 e. The fourth-order valence-corrected chi connectivity index (χ4v) is 2.77. The molecule has 0 aliphatic carbocycles. The third kappa shape index (κ3) is 5.27. The lowest BCUT2D eigenvalue weighted by Crippen LogP contribution is -2.01. The first-order valence-corrected chi connectivity index (χ1v) is 7.37. The molecule has 0 aromatic heterocycles. The Morgan fingerprint density at radius 2 is 2.12 bits per heavy atom. The molecule has 0 spiro atoms. The fraction of sp³-hybridized carbons (Fsp3) is 0.462. The second-order valence-electron chi connectivity index (χ2n) is 3.55. The molecule has 0 aromatic rings. The van der Waals surface area contributed by atoms with E-state index < -0.39 is 7.55 Å². The smallest absolute Gasteiger partial charge is 0.0652 e. The van der Waals surface area contributed by atoms with Gasteiger partial charge in [0.2, 0.25) is 0 Å². The minimum atomic E-state index is -0.939. The summed E-state index contributed by atoms with van der Waals surface area (Å²) < 4.78 is 0. The van der Waals surface area contributed by atoms with Crippen LogP contribution in [0.5, 0.6) is 0 Å². The van der Waals surface area contributed by atoms with Crippen LogP contribution >= 0.6 is 7.55 Å². The zero-order valence-electron chi connectivity index (χ0n) is 10.8. The summed E-state index contributed by atoms with van der Waals surface area (Å²) in [7, 11) is -0.939. The summed E-state index contributed by atoms with van der Waals surface area (Å²) in [6.07, 6.45) is 8.11. The molecule has 0 saturated carbocycles. The largest absolute Gasteiger partial charge is 0.293 e. The van der Waals surface area contributed by atoms with Gasteiger partial charge in [-0.2, -0.15) is 0 Å². The minimum absolute atomic E-state index is 0.160. The molecule has 2 nitrogen and oxygen atoms in total. The third-order valence-electron chi connectivity index (χ3n) is 2.19. The van der Waals surface area contributed by atoms with Gasteiger partial charge in [0.25, 0.3) is 0 Å². The second-order valence-corrected chi connectivity index (χ2v) is 5.39. The topological polar surface area (TPSA) is 24.7 Å². The predicted molar refractivity (Wildman–Crippen MR) is 81.0 cm³/mol. The number of aliphatic imine (C=N–C) groups is 2. The first-order chi connectivity index (χ1) is 7.56. The highest BCUT2D eigenvalue weighted by atomic mass is 31.1. The molecule has 2 unspecified atom stereocenters. The molecular formula is C13H23N2P. The molecule has 90 valence electrons. The Bertz CT molecular complexity index is 338. The van der Waals surface area contributed by atoms with Crippen LogP contribution in [0.1, 0.15) is 27.7 Å². The Kier molecular flexibility index (Phi) is 7.84. The van der Waals surface area contributed by atoms with Crippen molar-refractivity contribution in [3.8, 4) is 0 Å². The van der Waals surface area contributed by atoms with E-state index in [2.05, 4.69) is 28.9 Å². The molecule has 0 rings (SSSR count). The van der Waals surface area contributed by atoms with Gasteiger partial charge >= 0.3 is 0 Å². The first kappa shape index (κ1) is 15.1. The van der Waals surface area contributed by atoms with Gasteiger partial charge in [-0.15, -0.1) is 6.58 Å². The Morgan fingerprint density at radius 1 is 1.50 bits per heavy atom. The SMILES string of the molecule is C=CC(C)/N=C(C)/C(=C\C)[PH](=C)/C=N\CC. The fourth-order valence-electron chi connectivity index (χ4n) is 1.33. The summed E-state index contributed by atoms with van der Waals surface area (Å²) in [5, 5.41) is 1.23. The van der Waals surface area contributed by atoms with Crippen molar-refractivity contribution in [3.05, 3.63) is 24.0 Å². The van der Waals surface area contributed by atoms with Gasteiger partial charge in [0.1, 0.15) is 0 Å². The number of nitrogens with zero attached hydrogens (tertiary/aromatic N) is 2. The maximum Gasteiger partial charge on any atom is 0.0652 e. The van der Waals surface area contributed by atoms with E-state index in [0.29, 0.717) is 0 Å². The van der Waals surface area contributed by atoms with Crippen molar-refractivity contribution in [1.82, 2.24) is 0 Å². The summed E-state index contributed by atoms with van der Waals surface area (Å²) in [5.41, 5.74) is 1.06. The van der Waals surface area contributed by atoms with Crippen molar-refractivity contribution in [2.75, 3.05) is 6.54 Å². The van der Waals surface area contributed by atoms with E-state index in [1.54, 1.807) is 0 Å². The van der Waals surface area contributed by atoms with Crippen LogP contribution < -0.4 is 0 Å². The van der Waals surface area contributed by atoms with E-state index in [-0.39, 0.29) is 6.04 Å². The summed E-state index contributed by atoms with van der Waals surface area (Å²) in [4.78, 5) is 8.81. The average Bonchev–Trinajstić information content (AvgIpc) is 2.26. The van der Waals surface area contributed by atoms with Crippen molar-refractivity contribution >= 4 is 25.5 Å². The van der Waals surface area contributed by atoms with Gasteiger partial charge < -0.3 is 0 Å². The lowest BCUT2D eigenvalue weighted by Gasteiger charge is -2.09. The van der Waals surface area contributed by atoms with Crippen LogP contribution in [0.2, 0.25) is 0 Å². The van der Waals surface area contributed by atoms with E-state index in [4.69, 9.17) is 0 Å². The molecule has 0 N–H and O–H groups in total. The lowest BCUT2D eigenvalue weighted by atomic mass is 10.3. The van der Waals surface area contributed by atoms with Crippen molar-refractivity contribution in [2.24, 2.45) is 9.98 Å². The zero-order valence-corrected chi connectivity index (χ0v) is 11.8. The Balaban J connectivity index is 4.88. The van der Waals surface area contributed by atoms with Crippen LogP contribution in [0, 0.1) is 0 Å². The molecule has 0 saturated heterocycles. The standard InChI is InChI=1S/C13H23N2P/c1-7-11(4)15-12(5)13(8-2)16(6)10-14-9-3/h7-8,10-11,16H,1,6,9H2,2-5H3/b13-8+,14-10-,15-12+. The molecular weight excluding hydrogens is 215 g/mol. The van der Waals surface area contributed by atoms with Crippen LogP contribution in [0.15, 0.2) is 34.0 Å². The summed E-state index contributed by atoms with van der Waals surface area (Å²) in [5.74, 6) is 1.98. The number of hydrogen-bond acceptors (Lipinski definition) is 2. The number of rotatable bonds is 6. The van der Waals surface area contributed by atoms with Crippen LogP contribution in [-0.2, 0) is 0 Å². The maximum atomic E-state index is 4.55. The Hall–Kier alpha value is -0.880. The Labute approximate surface area is 100 Å². The van der Waals surface area contributed by atoms with Crippen LogP contribution in [0.25, 0.3) is 0 Å². The molecule has 3 heteroatoms. The zero-order chi connectivity index (χ0) is 12.6. The molecule has 0 fully saturated rings. The van der Waals surface area contributed by atoms with Crippen LogP contribution in [0.3, 0.4) is 0 Å². The van der Waals surface area contributed by atoms with Crippen molar-refractivity contribution in [2.45, 2.75) is 33.7 Å². The summed E-state index contributed by atoms with van der Waals surface area (Å²) in [6, 6.07) is 0.160. The van der Waals surface area contributed by atoms with Gasteiger partial charge in [-0.05, 0) is 33.0 Å². The van der Waals surface area contributed by atoms with E-state index in [9.17, 15) is 0 Å².